The molecule has 1 fully saturated rings. The number of rotatable bonds is 1. The molecule has 2 aliphatic rings. The smallest absolute Gasteiger partial charge is 0.262 e. The highest BCUT2D eigenvalue weighted by molar-refractivity contribution is 6.24. The zero-order valence-corrected chi connectivity index (χ0v) is 9.17. The molecule has 90 valence electrons. The van der Waals surface area contributed by atoms with Gasteiger partial charge in [0.05, 0.1) is 17.5 Å². The Hall–Kier alpha value is -2.50. The number of amides is 4. The van der Waals surface area contributed by atoms with Crippen molar-refractivity contribution >= 4 is 23.6 Å². The molecule has 3 rings (SSSR count). The summed E-state index contributed by atoms with van der Waals surface area (Å²) < 4.78 is 0. The average molecular weight is 244 g/mol. The van der Waals surface area contributed by atoms with Crippen molar-refractivity contribution in [3.8, 4) is 0 Å². The molecule has 0 aliphatic carbocycles. The minimum absolute atomic E-state index is 0.162. The lowest BCUT2D eigenvalue weighted by Gasteiger charge is -2.18. The van der Waals surface area contributed by atoms with Gasteiger partial charge in [-0.15, -0.1) is 0 Å². The van der Waals surface area contributed by atoms with Crippen LogP contribution in [-0.4, -0.2) is 34.6 Å². The first-order chi connectivity index (χ1) is 8.59. The fourth-order valence-corrected chi connectivity index (χ4v) is 2.24. The molecule has 0 saturated carbocycles. The lowest BCUT2D eigenvalue weighted by Crippen LogP contribution is -2.44. The van der Waals surface area contributed by atoms with Gasteiger partial charge in [0.1, 0.15) is 6.04 Å². The number of carbonyl (C=O) groups is 4. The Bertz CT molecular complexity index is 573. The van der Waals surface area contributed by atoms with Crippen LogP contribution in [-0.2, 0) is 9.59 Å². The van der Waals surface area contributed by atoms with E-state index in [0.717, 1.165) is 4.90 Å². The van der Waals surface area contributed by atoms with Crippen molar-refractivity contribution in [3.05, 3.63) is 35.4 Å². The second-order valence-corrected chi connectivity index (χ2v) is 4.16. The summed E-state index contributed by atoms with van der Waals surface area (Å²) in [6.45, 7) is 0. The molecule has 0 bridgehead atoms. The molecule has 0 spiro atoms. The molecule has 2 aliphatic heterocycles. The SMILES string of the molecule is O=C1CC(N2C(=O)c3ccccc3C2=O)C(=O)N1. The number of carbonyl (C=O) groups excluding carboxylic acids is 4. The lowest BCUT2D eigenvalue weighted by atomic mass is 10.1. The van der Waals surface area contributed by atoms with Gasteiger partial charge in [-0.05, 0) is 12.1 Å². The monoisotopic (exact) mass is 244 g/mol. The van der Waals surface area contributed by atoms with Gasteiger partial charge in [0.25, 0.3) is 11.8 Å². The molecule has 4 amide bonds. The fraction of sp³-hybridized carbons (Fsp3) is 0.167. The summed E-state index contributed by atoms with van der Waals surface area (Å²) in [6.07, 6.45) is -0.162. The summed E-state index contributed by atoms with van der Waals surface area (Å²) in [7, 11) is 0. The highest BCUT2D eigenvalue weighted by atomic mass is 16.2. The van der Waals surface area contributed by atoms with E-state index in [4.69, 9.17) is 0 Å². The largest absolute Gasteiger partial charge is 0.295 e. The van der Waals surface area contributed by atoms with E-state index in [-0.39, 0.29) is 17.5 Å². The number of nitrogens with zero attached hydrogens (tertiary/aromatic N) is 1. The third-order valence-electron chi connectivity index (χ3n) is 3.08. The van der Waals surface area contributed by atoms with E-state index in [1.807, 2.05) is 0 Å². The van der Waals surface area contributed by atoms with Gasteiger partial charge in [-0.1, -0.05) is 12.1 Å². The number of hydrogen-bond acceptors (Lipinski definition) is 4. The Balaban J connectivity index is 2.02. The maximum Gasteiger partial charge on any atom is 0.262 e. The van der Waals surface area contributed by atoms with Gasteiger partial charge in [0.2, 0.25) is 11.8 Å². The topological polar surface area (TPSA) is 83.6 Å². The molecule has 6 nitrogen and oxygen atoms in total. The third-order valence-corrected chi connectivity index (χ3v) is 3.08. The standard InChI is InChI=1S/C12H8N2O4/c15-9-5-8(10(16)13-9)14-11(17)6-3-1-2-4-7(6)12(14)18/h1-4,8H,5H2,(H,13,15,16). The van der Waals surface area contributed by atoms with Crippen molar-refractivity contribution in [1.29, 1.82) is 0 Å². The zero-order chi connectivity index (χ0) is 12.9. The summed E-state index contributed by atoms with van der Waals surface area (Å²) in [5.74, 6) is -2.12. The number of imide groups is 2. The quantitative estimate of drug-likeness (QED) is 0.687. The first kappa shape index (κ1) is 10.6. The van der Waals surface area contributed by atoms with Gasteiger partial charge in [-0.3, -0.25) is 29.4 Å². The van der Waals surface area contributed by atoms with Crippen LogP contribution >= 0.6 is 0 Å². The molecule has 1 N–H and O–H groups in total. The van der Waals surface area contributed by atoms with Crippen LogP contribution in [0.5, 0.6) is 0 Å². The predicted octanol–water partition coefficient (Wildman–Crippen LogP) is -0.302. The van der Waals surface area contributed by atoms with E-state index in [1.165, 1.54) is 12.1 Å². The van der Waals surface area contributed by atoms with E-state index in [9.17, 15) is 19.2 Å². The number of benzene rings is 1. The summed E-state index contributed by atoms with van der Waals surface area (Å²) in [4.78, 5) is 47.6. The molecule has 1 unspecified atom stereocenters. The van der Waals surface area contributed by atoms with Gasteiger partial charge in [0.15, 0.2) is 0 Å². The summed E-state index contributed by atoms with van der Waals surface area (Å²) in [5.41, 5.74) is 0.546. The van der Waals surface area contributed by atoms with Gasteiger partial charge in [-0.2, -0.15) is 0 Å². The van der Waals surface area contributed by atoms with Gasteiger partial charge >= 0.3 is 0 Å². The number of hydrogen-bond donors (Lipinski definition) is 1. The van der Waals surface area contributed by atoms with Crippen molar-refractivity contribution in [1.82, 2.24) is 10.2 Å². The molecule has 0 aromatic heterocycles. The first-order valence-electron chi connectivity index (χ1n) is 5.40. The maximum absolute atomic E-state index is 12.1. The van der Waals surface area contributed by atoms with Crippen LogP contribution in [0.1, 0.15) is 27.1 Å². The highest BCUT2D eigenvalue weighted by Crippen LogP contribution is 2.26. The summed E-state index contributed by atoms with van der Waals surface area (Å²) in [6, 6.07) is 5.33. The molecular formula is C12H8N2O4. The Labute approximate surface area is 102 Å². The normalized spacial score (nSPS) is 22.4. The van der Waals surface area contributed by atoms with E-state index in [0.29, 0.717) is 0 Å². The van der Waals surface area contributed by atoms with E-state index < -0.39 is 29.7 Å². The molecule has 1 atom stereocenters. The highest BCUT2D eigenvalue weighted by Gasteiger charge is 2.46. The number of nitrogens with one attached hydrogen (secondary N) is 1. The van der Waals surface area contributed by atoms with Crippen molar-refractivity contribution < 1.29 is 19.2 Å². The van der Waals surface area contributed by atoms with E-state index >= 15 is 0 Å². The van der Waals surface area contributed by atoms with Gasteiger partial charge in [-0.25, -0.2) is 0 Å². The van der Waals surface area contributed by atoms with Crippen LogP contribution in [0.2, 0.25) is 0 Å². The van der Waals surface area contributed by atoms with Crippen molar-refractivity contribution in [3.63, 3.8) is 0 Å². The summed E-state index contributed by atoms with van der Waals surface area (Å²) >= 11 is 0. The van der Waals surface area contributed by atoms with Crippen LogP contribution in [0.3, 0.4) is 0 Å². The van der Waals surface area contributed by atoms with Crippen molar-refractivity contribution in [2.45, 2.75) is 12.5 Å². The van der Waals surface area contributed by atoms with Crippen LogP contribution in [0.4, 0.5) is 0 Å². The Morgan fingerprint density at radius 1 is 1.00 bits per heavy atom. The minimum atomic E-state index is -1.02. The Morgan fingerprint density at radius 3 is 2.00 bits per heavy atom. The molecule has 1 aromatic rings. The molecule has 1 aromatic carbocycles. The van der Waals surface area contributed by atoms with E-state index in [1.54, 1.807) is 12.1 Å². The van der Waals surface area contributed by atoms with Gasteiger partial charge < -0.3 is 0 Å². The van der Waals surface area contributed by atoms with Gasteiger partial charge in [0, 0.05) is 0 Å². The minimum Gasteiger partial charge on any atom is -0.295 e. The molecule has 0 radical (unpaired) electrons. The Morgan fingerprint density at radius 2 is 1.56 bits per heavy atom. The molecule has 6 heteroatoms. The molecule has 18 heavy (non-hydrogen) atoms. The van der Waals surface area contributed by atoms with E-state index in [2.05, 4.69) is 5.32 Å². The number of fused-ring (bicyclic) bond motifs is 1. The van der Waals surface area contributed by atoms with Crippen molar-refractivity contribution in [2.24, 2.45) is 0 Å². The lowest BCUT2D eigenvalue weighted by molar-refractivity contribution is -0.125. The molecule has 1 saturated heterocycles. The zero-order valence-electron chi connectivity index (χ0n) is 9.17. The maximum atomic E-state index is 12.1. The van der Waals surface area contributed by atoms with Crippen LogP contribution in [0, 0.1) is 0 Å². The first-order valence-corrected chi connectivity index (χ1v) is 5.40. The molecule has 2 heterocycles. The van der Waals surface area contributed by atoms with Crippen molar-refractivity contribution in [2.75, 3.05) is 0 Å². The second-order valence-electron chi connectivity index (χ2n) is 4.16. The van der Waals surface area contributed by atoms with Crippen LogP contribution in [0.25, 0.3) is 0 Å². The third kappa shape index (κ3) is 1.29. The van der Waals surface area contributed by atoms with Crippen LogP contribution < -0.4 is 5.32 Å². The summed E-state index contributed by atoms with van der Waals surface area (Å²) in [5, 5.41) is 2.09. The average Bonchev–Trinajstić information content (AvgIpc) is 2.79. The Kier molecular flexibility index (Phi) is 2.07. The molecular weight excluding hydrogens is 236 g/mol. The second kappa shape index (κ2) is 3.49. The van der Waals surface area contributed by atoms with Crippen LogP contribution in [0.15, 0.2) is 24.3 Å². The fourth-order valence-electron chi connectivity index (χ4n) is 2.24. The predicted molar refractivity (Wildman–Crippen MR) is 58.5 cm³/mol.